The normalized spacial score (nSPS) is 12.5. The highest BCUT2D eigenvalue weighted by atomic mass is 79.9. The first-order chi connectivity index (χ1) is 16.3. The minimum atomic E-state index is -3.89. The van der Waals surface area contributed by atoms with Gasteiger partial charge in [-0.05, 0) is 61.2 Å². The molecule has 176 valence electrons. The second kappa shape index (κ2) is 10.5. The summed E-state index contributed by atoms with van der Waals surface area (Å²) in [4.78, 5) is 16.5. The van der Waals surface area contributed by atoms with Crippen LogP contribution in [-0.4, -0.2) is 31.9 Å². The summed E-state index contributed by atoms with van der Waals surface area (Å²) < 4.78 is 29.8. The van der Waals surface area contributed by atoms with E-state index < -0.39 is 16.1 Å². The monoisotopic (exact) mass is 539 g/mol. The first kappa shape index (κ1) is 24.2. The predicted octanol–water partition coefficient (Wildman–Crippen LogP) is 4.49. The summed E-state index contributed by atoms with van der Waals surface area (Å²) in [5.74, 6) is -0.363. The largest absolute Gasteiger partial charge is 0.361 e. The Balaban J connectivity index is 1.53. The van der Waals surface area contributed by atoms with Crippen LogP contribution >= 0.6 is 15.9 Å². The number of benzene rings is 3. The van der Waals surface area contributed by atoms with E-state index in [1.807, 2.05) is 61.7 Å². The van der Waals surface area contributed by atoms with Gasteiger partial charge in [0.25, 0.3) is 0 Å². The van der Waals surface area contributed by atoms with Gasteiger partial charge in [0.05, 0.1) is 4.90 Å². The number of hydrogen-bond acceptors (Lipinski definition) is 3. The average molecular weight is 540 g/mol. The molecule has 0 fully saturated rings. The lowest BCUT2D eigenvalue weighted by molar-refractivity contribution is -0.122. The standard InChI is InChI=1S/C26H26BrN3O3S/c1-18-6-12-22(13-7-18)34(32,33)30-25(16-20-17-29-24-5-3-2-4-23(20)24)26(31)28-15-14-19-8-10-21(27)11-9-19/h2-13,17,25,29-30H,14-16H2,1H3,(H,28,31)/t25-/m0/s1. The zero-order chi connectivity index (χ0) is 24.1. The molecule has 0 unspecified atom stereocenters. The minimum Gasteiger partial charge on any atom is -0.361 e. The molecule has 0 aliphatic carbocycles. The van der Waals surface area contributed by atoms with Crippen molar-refractivity contribution in [3.63, 3.8) is 0 Å². The molecular formula is C26H26BrN3O3S. The maximum Gasteiger partial charge on any atom is 0.241 e. The molecule has 4 aromatic rings. The molecule has 3 aromatic carbocycles. The van der Waals surface area contributed by atoms with Crippen LogP contribution in [0, 0.1) is 6.92 Å². The molecule has 3 N–H and O–H groups in total. The Hall–Kier alpha value is -2.94. The molecule has 0 aliphatic heterocycles. The van der Waals surface area contributed by atoms with Gasteiger partial charge in [-0.3, -0.25) is 4.79 Å². The third-order valence-electron chi connectivity index (χ3n) is 5.67. The average Bonchev–Trinajstić information content (AvgIpc) is 3.23. The van der Waals surface area contributed by atoms with Crippen LogP contribution in [0.4, 0.5) is 0 Å². The second-order valence-corrected chi connectivity index (χ2v) is 10.8. The topological polar surface area (TPSA) is 91.1 Å². The Morgan fingerprint density at radius 2 is 1.71 bits per heavy atom. The molecular weight excluding hydrogens is 514 g/mol. The molecule has 1 aromatic heterocycles. The lowest BCUT2D eigenvalue weighted by atomic mass is 10.0. The van der Waals surface area contributed by atoms with Crippen molar-refractivity contribution in [3.05, 3.63) is 100 Å². The summed E-state index contributed by atoms with van der Waals surface area (Å²) in [5.41, 5.74) is 3.85. The molecule has 0 radical (unpaired) electrons. The van der Waals surface area contributed by atoms with E-state index >= 15 is 0 Å². The molecule has 4 rings (SSSR count). The number of sulfonamides is 1. The number of amides is 1. The summed E-state index contributed by atoms with van der Waals surface area (Å²) >= 11 is 3.41. The van der Waals surface area contributed by atoms with Gasteiger partial charge < -0.3 is 10.3 Å². The van der Waals surface area contributed by atoms with Gasteiger partial charge in [0.2, 0.25) is 15.9 Å². The fourth-order valence-corrected chi connectivity index (χ4v) is 5.25. The lowest BCUT2D eigenvalue weighted by Gasteiger charge is -2.19. The molecule has 0 saturated carbocycles. The van der Waals surface area contributed by atoms with Gasteiger partial charge >= 0.3 is 0 Å². The van der Waals surface area contributed by atoms with Crippen molar-refractivity contribution in [1.82, 2.24) is 15.0 Å². The molecule has 0 bridgehead atoms. The fraction of sp³-hybridized carbons (Fsp3) is 0.192. The second-order valence-electron chi connectivity index (χ2n) is 8.22. The van der Waals surface area contributed by atoms with Crippen LogP contribution in [-0.2, 0) is 27.7 Å². The molecule has 1 atom stereocenters. The molecule has 6 nitrogen and oxygen atoms in total. The van der Waals surface area contributed by atoms with Crippen LogP contribution in [0.3, 0.4) is 0 Å². The van der Waals surface area contributed by atoms with Crippen molar-refractivity contribution < 1.29 is 13.2 Å². The highest BCUT2D eigenvalue weighted by Gasteiger charge is 2.26. The zero-order valence-electron chi connectivity index (χ0n) is 18.7. The van der Waals surface area contributed by atoms with Crippen LogP contribution in [0.15, 0.2) is 88.4 Å². The smallest absolute Gasteiger partial charge is 0.241 e. The van der Waals surface area contributed by atoms with E-state index in [-0.39, 0.29) is 17.2 Å². The summed E-state index contributed by atoms with van der Waals surface area (Å²) in [6.07, 6.45) is 2.69. The van der Waals surface area contributed by atoms with E-state index in [4.69, 9.17) is 0 Å². The number of hydrogen-bond donors (Lipinski definition) is 3. The number of aromatic amines is 1. The van der Waals surface area contributed by atoms with Crippen LogP contribution in [0.5, 0.6) is 0 Å². The number of carbonyl (C=O) groups excluding carboxylic acids is 1. The Morgan fingerprint density at radius 3 is 2.44 bits per heavy atom. The van der Waals surface area contributed by atoms with Crippen LogP contribution in [0.1, 0.15) is 16.7 Å². The number of nitrogens with one attached hydrogen (secondary N) is 3. The SMILES string of the molecule is Cc1ccc(S(=O)(=O)N[C@@H](Cc2c[nH]c3ccccc23)C(=O)NCCc2ccc(Br)cc2)cc1. The first-order valence-electron chi connectivity index (χ1n) is 11.0. The maximum absolute atomic E-state index is 13.2. The third-order valence-corrected chi connectivity index (χ3v) is 7.69. The highest BCUT2D eigenvalue weighted by molar-refractivity contribution is 9.10. The van der Waals surface area contributed by atoms with Crippen LogP contribution in [0.2, 0.25) is 0 Å². The van der Waals surface area contributed by atoms with E-state index in [9.17, 15) is 13.2 Å². The number of rotatable bonds is 9. The van der Waals surface area contributed by atoms with Gasteiger partial charge in [-0.1, -0.05) is 64.0 Å². The van der Waals surface area contributed by atoms with Gasteiger partial charge in [0.1, 0.15) is 6.04 Å². The zero-order valence-corrected chi connectivity index (χ0v) is 21.1. The number of aromatic nitrogens is 1. The van der Waals surface area contributed by atoms with Crippen molar-refractivity contribution >= 4 is 42.8 Å². The number of carbonyl (C=O) groups is 1. The third kappa shape index (κ3) is 5.94. The van der Waals surface area contributed by atoms with Gasteiger partial charge in [0, 0.05) is 28.1 Å². The number of H-pyrrole nitrogens is 1. The Bertz CT molecular complexity index is 1380. The minimum absolute atomic E-state index is 0.129. The number of fused-ring (bicyclic) bond motifs is 1. The van der Waals surface area contributed by atoms with E-state index in [1.54, 1.807) is 24.3 Å². The quantitative estimate of drug-likeness (QED) is 0.292. The molecule has 0 aliphatic rings. The molecule has 1 heterocycles. The van der Waals surface area contributed by atoms with Crippen molar-refractivity contribution in [2.24, 2.45) is 0 Å². The van der Waals surface area contributed by atoms with Crippen LogP contribution < -0.4 is 10.0 Å². The Morgan fingerprint density at radius 1 is 1.00 bits per heavy atom. The summed E-state index contributed by atoms with van der Waals surface area (Å²) in [6, 6.07) is 21.2. The molecule has 8 heteroatoms. The molecule has 0 saturated heterocycles. The van der Waals surface area contributed by atoms with Crippen molar-refractivity contribution in [3.8, 4) is 0 Å². The van der Waals surface area contributed by atoms with E-state index in [1.165, 1.54) is 0 Å². The summed E-state index contributed by atoms with van der Waals surface area (Å²) in [7, 11) is -3.89. The van der Waals surface area contributed by atoms with Crippen molar-refractivity contribution in [1.29, 1.82) is 0 Å². The first-order valence-corrected chi connectivity index (χ1v) is 13.3. The van der Waals surface area contributed by atoms with Gasteiger partial charge in [-0.15, -0.1) is 0 Å². The molecule has 34 heavy (non-hydrogen) atoms. The number of para-hydroxylation sites is 1. The summed E-state index contributed by atoms with van der Waals surface area (Å²) in [5, 5.41) is 3.86. The summed E-state index contributed by atoms with van der Waals surface area (Å²) in [6.45, 7) is 2.29. The van der Waals surface area contributed by atoms with Gasteiger partial charge in [-0.25, -0.2) is 8.42 Å². The van der Waals surface area contributed by atoms with Crippen LogP contribution in [0.25, 0.3) is 10.9 Å². The Kier molecular flexibility index (Phi) is 7.50. The number of aryl methyl sites for hydroxylation is 1. The fourth-order valence-electron chi connectivity index (χ4n) is 3.79. The van der Waals surface area contributed by atoms with Gasteiger partial charge in [0.15, 0.2) is 0 Å². The van der Waals surface area contributed by atoms with E-state index in [0.29, 0.717) is 13.0 Å². The van der Waals surface area contributed by atoms with E-state index in [2.05, 4.69) is 31.0 Å². The maximum atomic E-state index is 13.2. The van der Waals surface area contributed by atoms with Crippen molar-refractivity contribution in [2.75, 3.05) is 6.54 Å². The van der Waals surface area contributed by atoms with Gasteiger partial charge in [-0.2, -0.15) is 4.72 Å². The van der Waals surface area contributed by atoms with Crippen molar-refractivity contribution in [2.45, 2.75) is 30.7 Å². The molecule has 0 spiro atoms. The van der Waals surface area contributed by atoms with E-state index in [0.717, 1.165) is 32.1 Å². The highest BCUT2D eigenvalue weighted by Crippen LogP contribution is 2.20. The number of halogens is 1. The lowest BCUT2D eigenvalue weighted by Crippen LogP contribution is -2.48. The molecule has 1 amide bonds. The Labute approximate surface area is 208 Å². The predicted molar refractivity (Wildman–Crippen MR) is 138 cm³/mol.